The fraction of sp³-hybridized carbons (Fsp3) is 0.0769. The molecule has 0 saturated carbocycles. The molecule has 0 bridgehead atoms. The van der Waals surface area contributed by atoms with E-state index in [9.17, 15) is 4.39 Å². The van der Waals surface area contributed by atoms with Crippen LogP contribution in [0.3, 0.4) is 0 Å². The van der Waals surface area contributed by atoms with Gasteiger partial charge in [-0.15, -0.1) is 0 Å². The summed E-state index contributed by atoms with van der Waals surface area (Å²) < 4.78 is 13.1. The summed E-state index contributed by atoms with van der Waals surface area (Å²) >= 11 is 5.75. The fourth-order valence-corrected chi connectivity index (χ4v) is 1.72. The maximum Gasteiger partial charge on any atom is 0.141 e. The summed E-state index contributed by atoms with van der Waals surface area (Å²) in [6.07, 6.45) is 0. The van der Waals surface area contributed by atoms with Gasteiger partial charge in [0.1, 0.15) is 5.82 Å². The Hall–Kier alpha value is -1.74. The van der Waals surface area contributed by atoms with Gasteiger partial charge in [-0.25, -0.2) is 4.39 Å². The Labute approximate surface area is 104 Å². The zero-order chi connectivity index (χ0) is 12.4. The monoisotopic (exact) mass is 250 g/mol. The third kappa shape index (κ3) is 2.50. The molecule has 0 saturated heterocycles. The topological polar surface area (TPSA) is 29.3 Å². The van der Waals surface area contributed by atoms with E-state index in [1.807, 2.05) is 36.2 Å². The lowest BCUT2D eigenvalue weighted by atomic mass is 10.2. The molecule has 0 aliphatic carbocycles. The van der Waals surface area contributed by atoms with E-state index in [-0.39, 0.29) is 5.02 Å². The summed E-state index contributed by atoms with van der Waals surface area (Å²) in [7, 11) is 1.88. The highest BCUT2D eigenvalue weighted by molar-refractivity contribution is 6.31. The highest BCUT2D eigenvalue weighted by Gasteiger charge is 2.06. The van der Waals surface area contributed by atoms with Crippen LogP contribution in [0.1, 0.15) is 0 Å². The van der Waals surface area contributed by atoms with Crippen molar-refractivity contribution in [1.29, 1.82) is 0 Å². The summed E-state index contributed by atoms with van der Waals surface area (Å²) in [5.41, 5.74) is 8.11. The first-order valence-electron chi connectivity index (χ1n) is 5.12. The lowest BCUT2D eigenvalue weighted by Gasteiger charge is -2.19. The van der Waals surface area contributed by atoms with Crippen molar-refractivity contribution in [3.8, 4) is 0 Å². The molecule has 2 aromatic rings. The summed E-state index contributed by atoms with van der Waals surface area (Å²) in [6.45, 7) is 0. The lowest BCUT2D eigenvalue weighted by Crippen LogP contribution is -2.09. The third-order valence-electron chi connectivity index (χ3n) is 2.57. The van der Waals surface area contributed by atoms with Crippen LogP contribution in [0.4, 0.5) is 21.5 Å². The molecule has 17 heavy (non-hydrogen) atoms. The molecule has 0 spiro atoms. The molecule has 0 heterocycles. The average Bonchev–Trinajstić information content (AvgIpc) is 2.33. The van der Waals surface area contributed by atoms with Crippen LogP contribution in [0.25, 0.3) is 0 Å². The van der Waals surface area contributed by atoms with Crippen LogP contribution in [-0.4, -0.2) is 7.05 Å². The van der Waals surface area contributed by atoms with E-state index in [0.29, 0.717) is 5.69 Å². The molecule has 0 atom stereocenters. The Morgan fingerprint density at radius 1 is 1.06 bits per heavy atom. The van der Waals surface area contributed by atoms with E-state index in [1.54, 1.807) is 12.1 Å². The van der Waals surface area contributed by atoms with Crippen LogP contribution in [0.2, 0.25) is 5.02 Å². The molecule has 0 unspecified atom stereocenters. The molecule has 2 nitrogen and oxygen atoms in total. The van der Waals surface area contributed by atoms with Gasteiger partial charge in [0.15, 0.2) is 0 Å². The van der Waals surface area contributed by atoms with E-state index in [2.05, 4.69) is 0 Å². The van der Waals surface area contributed by atoms with Gasteiger partial charge in [0.2, 0.25) is 0 Å². The standard InChI is InChI=1S/C13H12ClFN2/c1-17(10-4-2-9(16)3-5-10)11-6-7-13(15)12(14)8-11/h2-8H,16H2,1H3. The number of nitrogens with two attached hydrogens (primary N) is 1. The van der Waals surface area contributed by atoms with Crippen LogP contribution in [0.15, 0.2) is 42.5 Å². The highest BCUT2D eigenvalue weighted by atomic mass is 35.5. The first kappa shape index (κ1) is 11.7. The van der Waals surface area contributed by atoms with E-state index in [4.69, 9.17) is 17.3 Å². The molecule has 0 fully saturated rings. The van der Waals surface area contributed by atoms with Gasteiger partial charge in [-0.2, -0.15) is 0 Å². The Balaban J connectivity index is 2.33. The molecular formula is C13H12ClFN2. The van der Waals surface area contributed by atoms with Gasteiger partial charge in [0, 0.05) is 24.1 Å². The van der Waals surface area contributed by atoms with Crippen molar-refractivity contribution >= 4 is 28.7 Å². The first-order valence-corrected chi connectivity index (χ1v) is 5.50. The van der Waals surface area contributed by atoms with Crippen LogP contribution in [0.5, 0.6) is 0 Å². The van der Waals surface area contributed by atoms with E-state index in [0.717, 1.165) is 11.4 Å². The molecule has 2 aromatic carbocycles. The minimum atomic E-state index is -0.416. The smallest absolute Gasteiger partial charge is 0.141 e. The van der Waals surface area contributed by atoms with Gasteiger partial charge < -0.3 is 10.6 Å². The molecule has 0 aliphatic heterocycles. The molecule has 2 N–H and O–H groups in total. The number of benzene rings is 2. The maximum absolute atomic E-state index is 13.1. The summed E-state index contributed by atoms with van der Waals surface area (Å²) in [5.74, 6) is -0.416. The number of hydrogen-bond donors (Lipinski definition) is 1. The van der Waals surface area contributed by atoms with Crippen molar-refractivity contribution in [1.82, 2.24) is 0 Å². The predicted octanol–water partition coefficient (Wildman–Crippen LogP) is 3.83. The fourth-order valence-electron chi connectivity index (χ4n) is 1.54. The zero-order valence-electron chi connectivity index (χ0n) is 9.32. The molecule has 0 aliphatic rings. The van der Waals surface area contributed by atoms with Gasteiger partial charge in [-0.05, 0) is 42.5 Å². The highest BCUT2D eigenvalue weighted by Crippen LogP contribution is 2.27. The summed E-state index contributed by atoms with van der Waals surface area (Å²) in [5, 5.41) is 0.116. The maximum atomic E-state index is 13.1. The quantitative estimate of drug-likeness (QED) is 0.821. The molecule has 0 radical (unpaired) electrons. The minimum Gasteiger partial charge on any atom is -0.399 e. The third-order valence-corrected chi connectivity index (χ3v) is 2.86. The molecule has 88 valence electrons. The average molecular weight is 251 g/mol. The van der Waals surface area contributed by atoms with E-state index in [1.165, 1.54) is 6.07 Å². The Kier molecular flexibility index (Phi) is 3.20. The van der Waals surface area contributed by atoms with Crippen LogP contribution in [0, 0.1) is 5.82 Å². The van der Waals surface area contributed by atoms with Crippen LogP contribution in [-0.2, 0) is 0 Å². The Bertz CT molecular complexity index is 525. The first-order chi connectivity index (χ1) is 8.08. The van der Waals surface area contributed by atoms with Crippen molar-refractivity contribution in [2.24, 2.45) is 0 Å². The van der Waals surface area contributed by atoms with Crippen molar-refractivity contribution in [3.63, 3.8) is 0 Å². The van der Waals surface area contributed by atoms with Crippen LogP contribution >= 0.6 is 11.6 Å². The van der Waals surface area contributed by atoms with Crippen molar-refractivity contribution in [2.45, 2.75) is 0 Å². The molecule has 2 rings (SSSR count). The second kappa shape index (κ2) is 4.63. The van der Waals surface area contributed by atoms with Gasteiger partial charge in [-0.3, -0.25) is 0 Å². The molecular weight excluding hydrogens is 239 g/mol. The number of rotatable bonds is 2. The van der Waals surface area contributed by atoms with Crippen molar-refractivity contribution in [2.75, 3.05) is 17.7 Å². The Morgan fingerprint density at radius 2 is 1.65 bits per heavy atom. The zero-order valence-corrected chi connectivity index (χ0v) is 10.1. The van der Waals surface area contributed by atoms with Gasteiger partial charge in [0.25, 0.3) is 0 Å². The molecule has 0 amide bonds. The largest absolute Gasteiger partial charge is 0.399 e. The summed E-state index contributed by atoms with van der Waals surface area (Å²) in [6, 6.07) is 12.0. The van der Waals surface area contributed by atoms with Gasteiger partial charge >= 0.3 is 0 Å². The summed E-state index contributed by atoms with van der Waals surface area (Å²) in [4.78, 5) is 1.91. The number of halogens is 2. The number of anilines is 3. The normalized spacial score (nSPS) is 10.3. The number of hydrogen-bond acceptors (Lipinski definition) is 2. The van der Waals surface area contributed by atoms with Crippen molar-refractivity contribution in [3.05, 3.63) is 53.3 Å². The van der Waals surface area contributed by atoms with Gasteiger partial charge in [0.05, 0.1) is 5.02 Å². The number of nitrogens with zero attached hydrogens (tertiary/aromatic N) is 1. The van der Waals surface area contributed by atoms with E-state index >= 15 is 0 Å². The Morgan fingerprint density at radius 3 is 2.24 bits per heavy atom. The second-order valence-electron chi connectivity index (χ2n) is 3.75. The minimum absolute atomic E-state index is 0.116. The van der Waals surface area contributed by atoms with Crippen LogP contribution < -0.4 is 10.6 Å². The van der Waals surface area contributed by atoms with E-state index < -0.39 is 5.82 Å². The van der Waals surface area contributed by atoms with Gasteiger partial charge in [-0.1, -0.05) is 11.6 Å². The lowest BCUT2D eigenvalue weighted by molar-refractivity contribution is 0.628. The molecule has 4 heteroatoms. The molecule has 0 aromatic heterocycles. The number of nitrogen functional groups attached to an aromatic ring is 1. The van der Waals surface area contributed by atoms with Crippen molar-refractivity contribution < 1.29 is 4.39 Å². The second-order valence-corrected chi connectivity index (χ2v) is 4.16. The predicted molar refractivity (Wildman–Crippen MR) is 70.3 cm³/mol. The SMILES string of the molecule is CN(c1ccc(N)cc1)c1ccc(F)c(Cl)c1.